The summed E-state index contributed by atoms with van der Waals surface area (Å²) < 4.78 is 2.05. The average Bonchev–Trinajstić information content (AvgIpc) is 2.72. The van der Waals surface area contributed by atoms with Crippen LogP contribution in [0.15, 0.2) is 15.5 Å². The number of nitrogens with one attached hydrogen (secondary N) is 1. The van der Waals surface area contributed by atoms with Crippen molar-refractivity contribution in [3.63, 3.8) is 0 Å². The minimum Gasteiger partial charge on any atom is -0.382 e. The van der Waals surface area contributed by atoms with E-state index >= 15 is 0 Å². The van der Waals surface area contributed by atoms with Gasteiger partial charge in [-0.05, 0) is 46.5 Å². The van der Waals surface area contributed by atoms with E-state index in [0.717, 1.165) is 12.2 Å². The topological polar surface area (TPSA) is 46.9 Å². The van der Waals surface area contributed by atoms with Crippen molar-refractivity contribution in [3.8, 4) is 0 Å². The lowest BCUT2D eigenvalue weighted by atomic mass is 10.0. The van der Waals surface area contributed by atoms with Crippen molar-refractivity contribution in [3.05, 3.63) is 21.0 Å². The van der Waals surface area contributed by atoms with Crippen molar-refractivity contribution < 1.29 is 0 Å². The van der Waals surface area contributed by atoms with E-state index in [9.17, 15) is 4.79 Å². The minimum atomic E-state index is -0.0840. The lowest BCUT2D eigenvalue weighted by Crippen LogP contribution is -2.26. The van der Waals surface area contributed by atoms with E-state index in [1.54, 1.807) is 6.20 Å². The molecule has 112 valence electrons. The molecule has 0 spiro atoms. The molecule has 1 aromatic heterocycles. The van der Waals surface area contributed by atoms with Gasteiger partial charge in [-0.1, -0.05) is 27.7 Å². The molecule has 1 fully saturated rings. The molecule has 2 rings (SSSR count). The summed E-state index contributed by atoms with van der Waals surface area (Å²) in [4.78, 5) is 12.2. The summed E-state index contributed by atoms with van der Waals surface area (Å²) in [6.07, 6.45) is 1.73. The van der Waals surface area contributed by atoms with E-state index in [0.29, 0.717) is 21.2 Å². The van der Waals surface area contributed by atoms with Gasteiger partial charge in [-0.25, -0.2) is 4.68 Å². The van der Waals surface area contributed by atoms with E-state index in [2.05, 4.69) is 54.0 Å². The molecule has 1 heterocycles. The molecule has 0 radical (unpaired) electrons. The molecule has 0 aromatic carbocycles. The molecule has 5 heteroatoms. The Bertz CT molecular complexity index is 561. The smallest absolute Gasteiger partial charge is 0.283 e. The molecule has 20 heavy (non-hydrogen) atoms. The van der Waals surface area contributed by atoms with Crippen LogP contribution in [0.5, 0.6) is 0 Å². The van der Waals surface area contributed by atoms with E-state index in [4.69, 9.17) is 0 Å². The molecular weight excluding hydrogens is 318 g/mol. The van der Waals surface area contributed by atoms with Crippen molar-refractivity contribution in [2.24, 2.45) is 16.7 Å². The van der Waals surface area contributed by atoms with Gasteiger partial charge in [0.25, 0.3) is 5.56 Å². The first-order chi connectivity index (χ1) is 9.10. The summed E-state index contributed by atoms with van der Waals surface area (Å²) >= 11 is 3.39. The second kappa shape index (κ2) is 4.86. The fourth-order valence-corrected chi connectivity index (χ4v) is 3.42. The van der Waals surface area contributed by atoms with Crippen LogP contribution in [-0.4, -0.2) is 16.3 Å². The van der Waals surface area contributed by atoms with E-state index in [-0.39, 0.29) is 11.6 Å². The first-order valence-electron chi connectivity index (χ1n) is 7.12. The van der Waals surface area contributed by atoms with Crippen molar-refractivity contribution in [1.82, 2.24) is 9.78 Å². The third kappa shape index (κ3) is 2.30. The van der Waals surface area contributed by atoms with Gasteiger partial charge in [-0.2, -0.15) is 5.10 Å². The molecule has 0 aliphatic heterocycles. The highest BCUT2D eigenvalue weighted by atomic mass is 79.9. The van der Waals surface area contributed by atoms with E-state index in [1.165, 1.54) is 4.68 Å². The van der Waals surface area contributed by atoms with Crippen molar-refractivity contribution in [2.75, 3.05) is 11.9 Å². The monoisotopic (exact) mass is 341 g/mol. The Labute approximate surface area is 129 Å². The van der Waals surface area contributed by atoms with Gasteiger partial charge in [-0.3, -0.25) is 4.79 Å². The minimum absolute atomic E-state index is 0.0640. The molecule has 0 saturated heterocycles. The molecule has 0 bridgehead atoms. The Balaban J connectivity index is 2.13. The van der Waals surface area contributed by atoms with Crippen LogP contribution in [0.1, 0.15) is 47.6 Å². The number of anilines is 1. The zero-order chi connectivity index (χ0) is 15.3. The van der Waals surface area contributed by atoms with Gasteiger partial charge in [0.05, 0.1) is 17.9 Å². The second-order valence-electron chi connectivity index (χ2n) is 7.09. The van der Waals surface area contributed by atoms with Gasteiger partial charge in [0, 0.05) is 6.54 Å². The van der Waals surface area contributed by atoms with Gasteiger partial charge in [0.2, 0.25) is 0 Å². The number of nitrogens with zero attached hydrogens (tertiary/aromatic N) is 2. The maximum Gasteiger partial charge on any atom is 0.283 e. The van der Waals surface area contributed by atoms with Crippen LogP contribution in [-0.2, 0) is 0 Å². The van der Waals surface area contributed by atoms with Crippen molar-refractivity contribution >= 4 is 21.6 Å². The standard InChI is InChI=1S/C15H24BrN3O/c1-9(2)19-13(20)12(16)10(7-18-19)17-8-11-14(3,4)15(11,5)6/h7,9,11,17H,8H2,1-6H3. The number of hydrogen-bond donors (Lipinski definition) is 1. The van der Waals surface area contributed by atoms with Gasteiger partial charge in [0.1, 0.15) is 4.47 Å². The molecular formula is C15H24BrN3O. The summed E-state index contributed by atoms with van der Waals surface area (Å²) in [5.74, 6) is 0.606. The molecule has 1 saturated carbocycles. The zero-order valence-electron chi connectivity index (χ0n) is 13.1. The van der Waals surface area contributed by atoms with Gasteiger partial charge in [0.15, 0.2) is 0 Å². The maximum absolute atomic E-state index is 12.2. The molecule has 1 aliphatic rings. The average molecular weight is 342 g/mol. The SMILES string of the molecule is CC(C)n1ncc(NCC2C(C)(C)C2(C)C)c(Br)c1=O. The Morgan fingerprint density at radius 2 is 1.90 bits per heavy atom. The largest absolute Gasteiger partial charge is 0.382 e. The molecule has 4 nitrogen and oxygen atoms in total. The highest BCUT2D eigenvalue weighted by Crippen LogP contribution is 2.68. The van der Waals surface area contributed by atoms with Crippen LogP contribution in [0.25, 0.3) is 0 Å². The Kier molecular flexibility index (Phi) is 3.78. The molecule has 0 unspecified atom stereocenters. The van der Waals surface area contributed by atoms with Crippen LogP contribution in [0.4, 0.5) is 5.69 Å². The summed E-state index contributed by atoms with van der Waals surface area (Å²) in [5, 5.41) is 7.59. The number of rotatable bonds is 4. The zero-order valence-corrected chi connectivity index (χ0v) is 14.7. The Hall–Kier alpha value is -0.840. The molecule has 0 amide bonds. The summed E-state index contributed by atoms with van der Waals surface area (Å²) in [7, 11) is 0. The Morgan fingerprint density at radius 3 is 2.35 bits per heavy atom. The lowest BCUT2D eigenvalue weighted by Gasteiger charge is -2.13. The summed E-state index contributed by atoms with van der Waals surface area (Å²) in [6.45, 7) is 13.9. The normalized spacial score (nSPS) is 20.2. The molecule has 1 aromatic rings. The Morgan fingerprint density at radius 1 is 1.35 bits per heavy atom. The molecule has 1 aliphatic carbocycles. The first kappa shape index (κ1) is 15.5. The summed E-state index contributed by atoms with van der Waals surface area (Å²) in [5.41, 5.74) is 1.38. The van der Waals surface area contributed by atoms with Crippen LogP contribution in [0, 0.1) is 16.7 Å². The summed E-state index contributed by atoms with van der Waals surface area (Å²) in [6, 6.07) is 0.0640. The van der Waals surface area contributed by atoms with Gasteiger partial charge in [-0.15, -0.1) is 0 Å². The highest BCUT2D eigenvalue weighted by Gasteiger charge is 2.64. The van der Waals surface area contributed by atoms with E-state index in [1.807, 2.05) is 13.8 Å². The predicted molar refractivity (Wildman–Crippen MR) is 86.1 cm³/mol. The van der Waals surface area contributed by atoms with E-state index < -0.39 is 0 Å². The number of halogens is 1. The maximum atomic E-state index is 12.2. The fourth-order valence-electron chi connectivity index (χ4n) is 2.99. The van der Waals surface area contributed by atoms with Crippen molar-refractivity contribution in [1.29, 1.82) is 0 Å². The highest BCUT2D eigenvalue weighted by molar-refractivity contribution is 9.10. The quantitative estimate of drug-likeness (QED) is 0.908. The lowest BCUT2D eigenvalue weighted by molar-refractivity contribution is 0.457. The third-order valence-corrected chi connectivity index (χ3v) is 6.02. The van der Waals surface area contributed by atoms with Crippen LogP contribution in [0.2, 0.25) is 0 Å². The number of hydrogen-bond acceptors (Lipinski definition) is 3. The molecule has 0 atom stereocenters. The fraction of sp³-hybridized carbons (Fsp3) is 0.733. The van der Waals surface area contributed by atoms with Gasteiger partial charge >= 0.3 is 0 Å². The second-order valence-corrected chi connectivity index (χ2v) is 7.89. The van der Waals surface area contributed by atoms with Crippen LogP contribution < -0.4 is 10.9 Å². The first-order valence-corrected chi connectivity index (χ1v) is 7.91. The van der Waals surface area contributed by atoms with Gasteiger partial charge < -0.3 is 5.32 Å². The van der Waals surface area contributed by atoms with Crippen molar-refractivity contribution in [2.45, 2.75) is 47.6 Å². The third-order valence-electron chi connectivity index (χ3n) is 5.25. The van der Waals surface area contributed by atoms with Crippen LogP contribution in [0.3, 0.4) is 0 Å². The number of aromatic nitrogens is 2. The molecule has 1 N–H and O–H groups in total. The van der Waals surface area contributed by atoms with Crippen LogP contribution >= 0.6 is 15.9 Å². The predicted octanol–water partition coefficient (Wildman–Crippen LogP) is 3.68.